The topological polar surface area (TPSA) is 46.2 Å². The van der Waals surface area contributed by atoms with Crippen LogP contribution in [0.4, 0.5) is 0 Å². The molecule has 0 aromatic carbocycles. The van der Waals surface area contributed by atoms with Gasteiger partial charge in [0.2, 0.25) is 0 Å². The van der Waals surface area contributed by atoms with Crippen molar-refractivity contribution in [1.82, 2.24) is 0 Å². The maximum atomic E-state index is 8.88. The Kier molecular flexibility index (Phi) is 3.96. The van der Waals surface area contributed by atoms with Crippen LogP contribution in [0, 0.1) is 17.3 Å². The van der Waals surface area contributed by atoms with Crippen molar-refractivity contribution in [3.05, 3.63) is 0 Å². The van der Waals surface area contributed by atoms with Gasteiger partial charge in [0.15, 0.2) is 0 Å². The van der Waals surface area contributed by atoms with Gasteiger partial charge < -0.3 is 10.8 Å². The van der Waals surface area contributed by atoms with Crippen LogP contribution in [0.2, 0.25) is 0 Å². The van der Waals surface area contributed by atoms with Gasteiger partial charge in [-0.3, -0.25) is 0 Å². The van der Waals surface area contributed by atoms with Crippen LogP contribution in [-0.2, 0) is 0 Å². The Morgan fingerprint density at radius 1 is 1.29 bits per heavy atom. The molecule has 0 amide bonds. The maximum Gasteiger partial charge on any atom is 0.0582 e. The molecule has 0 aromatic heterocycles. The summed E-state index contributed by atoms with van der Waals surface area (Å²) in [6.07, 6.45) is 4.94. The smallest absolute Gasteiger partial charge is 0.0582 e. The number of nitrogens with two attached hydrogens (primary N) is 1. The molecule has 2 unspecified atom stereocenters. The largest absolute Gasteiger partial charge is 0.395 e. The van der Waals surface area contributed by atoms with E-state index in [0.717, 1.165) is 18.3 Å². The number of hydrogen-bond acceptors (Lipinski definition) is 2. The third kappa shape index (κ3) is 3.58. The van der Waals surface area contributed by atoms with Gasteiger partial charge in [-0.25, -0.2) is 0 Å². The Balaban J connectivity index is 2.36. The van der Waals surface area contributed by atoms with Gasteiger partial charge in [0.25, 0.3) is 0 Å². The lowest BCUT2D eigenvalue weighted by Crippen LogP contribution is -2.28. The molecule has 0 radical (unpaired) electrons. The lowest BCUT2D eigenvalue weighted by atomic mass is 9.74. The molecule has 14 heavy (non-hydrogen) atoms. The molecule has 2 nitrogen and oxygen atoms in total. The zero-order valence-corrected chi connectivity index (χ0v) is 9.79. The van der Waals surface area contributed by atoms with Crippen LogP contribution < -0.4 is 5.73 Å². The first kappa shape index (κ1) is 12.0. The summed E-state index contributed by atoms with van der Waals surface area (Å²) in [4.78, 5) is 0. The van der Waals surface area contributed by atoms with E-state index in [9.17, 15) is 0 Å². The van der Waals surface area contributed by atoms with E-state index in [1.165, 1.54) is 19.3 Å². The third-order valence-electron chi connectivity index (χ3n) is 3.39. The van der Waals surface area contributed by atoms with Crippen molar-refractivity contribution < 1.29 is 5.11 Å². The Morgan fingerprint density at radius 2 is 1.86 bits per heavy atom. The summed E-state index contributed by atoms with van der Waals surface area (Å²) in [6, 6.07) is -0.0152. The van der Waals surface area contributed by atoms with Crippen LogP contribution in [-0.4, -0.2) is 17.8 Å². The molecule has 84 valence electrons. The molecule has 0 aromatic rings. The number of hydrogen-bond donors (Lipinski definition) is 2. The van der Waals surface area contributed by atoms with E-state index in [2.05, 4.69) is 20.8 Å². The minimum absolute atomic E-state index is 0.0152. The first-order chi connectivity index (χ1) is 6.45. The fraction of sp³-hybridized carbons (Fsp3) is 1.00. The van der Waals surface area contributed by atoms with Crippen LogP contribution in [0.1, 0.15) is 46.5 Å². The van der Waals surface area contributed by atoms with E-state index >= 15 is 0 Å². The summed E-state index contributed by atoms with van der Waals surface area (Å²) in [7, 11) is 0. The fourth-order valence-electron chi connectivity index (χ4n) is 2.36. The second-order valence-electron chi connectivity index (χ2n) is 5.83. The van der Waals surface area contributed by atoms with Crippen LogP contribution in [0.15, 0.2) is 0 Å². The van der Waals surface area contributed by atoms with Crippen molar-refractivity contribution in [1.29, 1.82) is 0 Å². The Morgan fingerprint density at radius 3 is 2.21 bits per heavy atom. The minimum Gasteiger partial charge on any atom is -0.395 e. The van der Waals surface area contributed by atoms with Crippen molar-refractivity contribution in [2.45, 2.75) is 52.5 Å². The fourth-order valence-corrected chi connectivity index (χ4v) is 2.36. The Labute approximate surface area is 87.9 Å². The molecule has 2 atom stereocenters. The van der Waals surface area contributed by atoms with Gasteiger partial charge in [0, 0.05) is 6.04 Å². The molecule has 0 bridgehead atoms. The second-order valence-corrected chi connectivity index (χ2v) is 5.83. The standard InChI is InChI=1S/C12H25NO/c1-12(2,3)11(9-4-5-9)7-6-10(13)8-14/h9-11,14H,4-8,13H2,1-3H3. The predicted octanol–water partition coefficient (Wildman–Crippen LogP) is 2.16. The average molecular weight is 199 g/mol. The van der Waals surface area contributed by atoms with Gasteiger partial charge in [-0.05, 0) is 42.9 Å². The third-order valence-corrected chi connectivity index (χ3v) is 3.39. The maximum absolute atomic E-state index is 8.88. The summed E-state index contributed by atoms with van der Waals surface area (Å²) in [5.74, 6) is 1.72. The number of aliphatic hydroxyl groups excluding tert-OH is 1. The molecule has 0 saturated heterocycles. The number of aliphatic hydroxyl groups is 1. The quantitative estimate of drug-likeness (QED) is 0.712. The molecule has 1 aliphatic rings. The minimum atomic E-state index is -0.0152. The lowest BCUT2D eigenvalue weighted by Gasteiger charge is -2.31. The van der Waals surface area contributed by atoms with Gasteiger partial charge in [-0.15, -0.1) is 0 Å². The molecule has 1 aliphatic carbocycles. The van der Waals surface area contributed by atoms with E-state index < -0.39 is 0 Å². The van der Waals surface area contributed by atoms with Gasteiger partial charge in [0.05, 0.1) is 6.61 Å². The summed E-state index contributed by atoms with van der Waals surface area (Å²) in [5.41, 5.74) is 6.13. The van der Waals surface area contributed by atoms with Crippen molar-refractivity contribution in [3.8, 4) is 0 Å². The van der Waals surface area contributed by atoms with E-state index in [1.54, 1.807) is 0 Å². The number of rotatable bonds is 5. The summed E-state index contributed by atoms with van der Waals surface area (Å²) < 4.78 is 0. The van der Waals surface area contributed by atoms with Crippen molar-refractivity contribution in [2.24, 2.45) is 23.0 Å². The van der Waals surface area contributed by atoms with Crippen molar-refractivity contribution in [2.75, 3.05) is 6.61 Å². The van der Waals surface area contributed by atoms with E-state index in [-0.39, 0.29) is 12.6 Å². The molecule has 1 rings (SSSR count). The Hall–Kier alpha value is -0.0800. The van der Waals surface area contributed by atoms with Gasteiger partial charge in [-0.1, -0.05) is 20.8 Å². The Bertz CT molecular complexity index is 170. The SMILES string of the molecule is CC(C)(C)C(CCC(N)CO)C1CC1. The second kappa shape index (κ2) is 4.63. The van der Waals surface area contributed by atoms with E-state index in [0.29, 0.717) is 5.41 Å². The molecule has 0 aliphatic heterocycles. The molecule has 0 spiro atoms. The first-order valence-corrected chi connectivity index (χ1v) is 5.81. The molecule has 1 saturated carbocycles. The zero-order chi connectivity index (χ0) is 10.8. The van der Waals surface area contributed by atoms with Gasteiger partial charge >= 0.3 is 0 Å². The molecule has 3 N–H and O–H groups in total. The molecule has 1 fully saturated rings. The normalized spacial score (nSPS) is 22.1. The highest BCUT2D eigenvalue weighted by Crippen LogP contribution is 2.47. The highest BCUT2D eigenvalue weighted by molar-refractivity contribution is 4.88. The van der Waals surface area contributed by atoms with Crippen LogP contribution in [0.3, 0.4) is 0 Å². The molecular formula is C12H25NO. The van der Waals surface area contributed by atoms with Crippen LogP contribution >= 0.6 is 0 Å². The summed E-state index contributed by atoms with van der Waals surface area (Å²) in [5, 5.41) is 8.88. The van der Waals surface area contributed by atoms with Crippen LogP contribution in [0.25, 0.3) is 0 Å². The van der Waals surface area contributed by atoms with Crippen molar-refractivity contribution in [3.63, 3.8) is 0 Å². The molecular weight excluding hydrogens is 174 g/mol. The summed E-state index contributed by atoms with van der Waals surface area (Å²) in [6.45, 7) is 7.09. The monoisotopic (exact) mass is 199 g/mol. The predicted molar refractivity (Wildman–Crippen MR) is 60.0 cm³/mol. The van der Waals surface area contributed by atoms with Gasteiger partial charge in [0.1, 0.15) is 0 Å². The van der Waals surface area contributed by atoms with Crippen molar-refractivity contribution >= 4 is 0 Å². The molecule has 0 heterocycles. The lowest BCUT2D eigenvalue weighted by molar-refractivity contribution is 0.178. The van der Waals surface area contributed by atoms with E-state index in [1.807, 2.05) is 0 Å². The van der Waals surface area contributed by atoms with E-state index in [4.69, 9.17) is 10.8 Å². The summed E-state index contributed by atoms with van der Waals surface area (Å²) >= 11 is 0. The highest BCUT2D eigenvalue weighted by Gasteiger charge is 2.38. The van der Waals surface area contributed by atoms with Gasteiger partial charge in [-0.2, -0.15) is 0 Å². The molecule has 2 heteroatoms. The average Bonchev–Trinajstić information content (AvgIpc) is 2.85. The highest BCUT2D eigenvalue weighted by atomic mass is 16.3. The first-order valence-electron chi connectivity index (χ1n) is 5.81. The van der Waals surface area contributed by atoms with Crippen LogP contribution in [0.5, 0.6) is 0 Å². The zero-order valence-electron chi connectivity index (χ0n) is 9.79.